The number of pyridine rings is 1. The fourth-order valence-electron chi connectivity index (χ4n) is 3.15. The number of allylic oxidation sites excluding steroid dienone is 1. The lowest BCUT2D eigenvalue weighted by Gasteiger charge is -2.35. The molecule has 26 heavy (non-hydrogen) atoms. The zero-order valence-corrected chi connectivity index (χ0v) is 15.7. The van der Waals surface area contributed by atoms with Crippen molar-refractivity contribution >= 4 is 17.4 Å². The average Bonchev–Trinajstić information content (AvgIpc) is 2.52. The first-order valence-corrected chi connectivity index (χ1v) is 8.44. The van der Waals surface area contributed by atoms with Crippen LogP contribution in [0.4, 0.5) is 10.5 Å². The van der Waals surface area contributed by atoms with Gasteiger partial charge in [0.15, 0.2) is 0 Å². The van der Waals surface area contributed by atoms with E-state index in [1.54, 1.807) is 40.0 Å². The number of methoxy groups -OCH3 is 1. The molecule has 142 valence electrons. The summed E-state index contributed by atoms with van der Waals surface area (Å²) in [6.07, 6.45) is 4.34. The van der Waals surface area contributed by atoms with Gasteiger partial charge in [0.1, 0.15) is 11.8 Å². The van der Waals surface area contributed by atoms with E-state index in [0.29, 0.717) is 12.0 Å². The Morgan fingerprint density at radius 1 is 1.42 bits per heavy atom. The van der Waals surface area contributed by atoms with Crippen LogP contribution in [-0.2, 0) is 9.47 Å². The van der Waals surface area contributed by atoms with Crippen LogP contribution in [0.25, 0.3) is 5.57 Å². The molecule has 0 bridgehead atoms. The van der Waals surface area contributed by atoms with Crippen molar-refractivity contribution in [3.8, 4) is 0 Å². The average molecular weight is 363 g/mol. The number of hydrogen-bond donors (Lipinski definition) is 1. The fraction of sp³-hybridized carbons (Fsp3) is 0.556. The Kier molecular flexibility index (Phi) is 5.97. The van der Waals surface area contributed by atoms with E-state index in [1.807, 2.05) is 6.92 Å². The van der Waals surface area contributed by atoms with Crippen molar-refractivity contribution < 1.29 is 19.2 Å². The molecule has 1 N–H and O–H groups in total. The second kappa shape index (κ2) is 7.82. The molecule has 0 aromatic carbocycles. The van der Waals surface area contributed by atoms with Gasteiger partial charge in [0.2, 0.25) is 0 Å². The van der Waals surface area contributed by atoms with E-state index in [-0.39, 0.29) is 17.7 Å². The van der Waals surface area contributed by atoms with Gasteiger partial charge in [0.25, 0.3) is 5.69 Å². The third-order valence-corrected chi connectivity index (χ3v) is 4.14. The van der Waals surface area contributed by atoms with Crippen LogP contribution in [0.15, 0.2) is 24.5 Å². The van der Waals surface area contributed by atoms with E-state index in [1.165, 1.54) is 12.4 Å². The molecule has 1 heterocycles. The van der Waals surface area contributed by atoms with Gasteiger partial charge in [-0.2, -0.15) is 0 Å². The van der Waals surface area contributed by atoms with Crippen LogP contribution in [0, 0.1) is 16.0 Å². The predicted molar refractivity (Wildman–Crippen MR) is 96.6 cm³/mol. The van der Waals surface area contributed by atoms with Gasteiger partial charge < -0.3 is 14.8 Å². The quantitative estimate of drug-likeness (QED) is 0.650. The van der Waals surface area contributed by atoms with Gasteiger partial charge in [-0.25, -0.2) is 4.79 Å². The summed E-state index contributed by atoms with van der Waals surface area (Å²) < 4.78 is 10.9. The molecule has 0 unspecified atom stereocenters. The summed E-state index contributed by atoms with van der Waals surface area (Å²) in [5.74, 6) is 0.0488. The molecular formula is C18H25N3O5. The molecule has 8 nitrogen and oxygen atoms in total. The standard InChI is InChI=1S/C18H25N3O5/c1-11-8-12(13-6-7-19-10-15(13)21(23)24)9-14(16(11)25-5)20-17(22)26-18(2,3)4/h6-7,9-11,14,16H,8H2,1-5H3,(H,20,22)/t11-,14+,16+/m0/s1. The van der Waals surface area contributed by atoms with Crippen LogP contribution in [0.1, 0.15) is 39.7 Å². The van der Waals surface area contributed by atoms with Gasteiger partial charge in [0.05, 0.1) is 22.6 Å². The molecule has 0 aliphatic heterocycles. The zero-order chi connectivity index (χ0) is 19.5. The van der Waals surface area contributed by atoms with Crippen molar-refractivity contribution in [2.75, 3.05) is 7.11 Å². The minimum atomic E-state index is -0.622. The van der Waals surface area contributed by atoms with Gasteiger partial charge in [-0.15, -0.1) is 0 Å². The number of nitrogens with zero attached hydrogens (tertiary/aromatic N) is 2. The Morgan fingerprint density at radius 2 is 2.12 bits per heavy atom. The zero-order valence-electron chi connectivity index (χ0n) is 15.7. The number of aromatic nitrogens is 1. The lowest BCUT2D eigenvalue weighted by Crippen LogP contribution is -2.49. The number of amides is 1. The molecule has 0 radical (unpaired) electrons. The SMILES string of the molecule is CO[C@@H]1[C@@H](C)CC(c2ccncc2[N+](=O)[O-])=C[C@H]1NC(=O)OC(C)(C)C. The number of rotatable bonds is 4. The molecule has 8 heteroatoms. The van der Waals surface area contributed by atoms with Crippen LogP contribution >= 0.6 is 0 Å². The first-order valence-electron chi connectivity index (χ1n) is 8.44. The lowest BCUT2D eigenvalue weighted by atomic mass is 9.81. The fourth-order valence-corrected chi connectivity index (χ4v) is 3.15. The Morgan fingerprint density at radius 3 is 2.69 bits per heavy atom. The number of alkyl carbamates (subject to hydrolysis) is 1. The van der Waals surface area contributed by atoms with E-state index >= 15 is 0 Å². The Bertz CT molecular complexity index is 711. The molecule has 1 aromatic rings. The van der Waals surface area contributed by atoms with Crippen molar-refractivity contribution in [1.29, 1.82) is 0 Å². The third kappa shape index (κ3) is 4.78. The second-order valence-electron chi connectivity index (χ2n) is 7.40. The number of nitrogens with one attached hydrogen (secondary N) is 1. The molecule has 1 aliphatic rings. The predicted octanol–water partition coefficient (Wildman–Crippen LogP) is 3.32. The van der Waals surface area contributed by atoms with E-state index in [0.717, 1.165) is 5.57 Å². The first kappa shape index (κ1) is 19.8. The Balaban J connectivity index is 2.35. The van der Waals surface area contributed by atoms with Crippen molar-refractivity contribution in [3.05, 3.63) is 40.2 Å². The van der Waals surface area contributed by atoms with Gasteiger partial charge >= 0.3 is 6.09 Å². The van der Waals surface area contributed by atoms with E-state index in [9.17, 15) is 14.9 Å². The number of hydrogen-bond acceptors (Lipinski definition) is 6. The summed E-state index contributed by atoms with van der Waals surface area (Å²) >= 11 is 0. The topological polar surface area (TPSA) is 104 Å². The van der Waals surface area contributed by atoms with Gasteiger partial charge in [-0.05, 0) is 44.7 Å². The van der Waals surface area contributed by atoms with Crippen molar-refractivity contribution in [3.63, 3.8) is 0 Å². The highest BCUT2D eigenvalue weighted by Gasteiger charge is 2.34. The molecule has 0 saturated carbocycles. The lowest BCUT2D eigenvalue weighted by molar-refractivity contribution is -0.385. The maximum absolute atomic E-state index is 12.2. The third-order valence-electron chi connectivity index (χ3n) is 4.14. The largest absolute Gasteiger partial charge is 0.444 e. The van der Waals surface area contributed by atoms with E-state index in [2.05, 4.69) is 10.3 Å². The van der Waals surface area contributed by atoms with Crippen molar-refractivity contribution in [1.82, 2.24) is 10.3 Å². The summed E-state index contributed by atoms with van der Waals surface area (Å²) in [5.41, 5.74) is 0.602. The Hall–Kier alpha value is -2.48. The van der Waals surface area contributed by atoms with Crippen molar-refractivity contribution in [2.24, 2.45) is 5.92 Å². The highest BCUT2D eigenvalue weighted by Crippen LogP contribution is 2.36. The highest BCUT2D eigenvalue weighted by atomic mass is 16.6. The number of ether oxygens (including phenoxy) is 2. The molecule has 3 atom stereocenters. The monoisotopic (exact) mass is 363 g/mol. The maximum Gasteiger partial charge on any atom is 0.408 e. The summed E-state index contributed by atoms with van der Waals surface area (Å²) in [6.45, 7) is 7.33. The number of carbonyl (C=O) groups excluding carboxylic acids is 1. The van der Waals surface area contributed by atoms with Crippen LogP contribution in [0.5, 0.6) is 0 Å². The minimum Gasteiger partial charge on any atom is -0.444 e. The summed E-state index contributed by atoms with van der Waals surface area (Å²) in [5, 5.41) is 14.1. The number of carbonyl (C=O) groups is 1. The van der Waals surface area contributed by atoms with Crippen LogP contribution in [0.3, 0.4) is 0 Å². The summed E-state index contributed by atoms with van der Waals surface area (Å²) in [7, 11) is 1.58. The molecular weight excluding hydrogens is 338 g/mol. The molecule has 1 amide bonds. The molecule has 0 spiro atoms. The summed E-state index contributed by atoms with van der Waals surface area (Å²) in [6, 6.07) is 1.16. The molecule has 0 fully saturated rings. The van der Waals surface area contributed by atoms with Crippen LogP contribution in [-0.4, -0.2) is 40.9 Å². The molecule has 0 saturated heterocycles. The van der Waals surface area contributed by atoms with Crippen LogP contribution < -0.4 is 5.32 Å². The maximum atomic E-state index is 12.2. The van der Waals surface area contributed by atoms with Gasteiger partial charge in [-0.1, -0.05) is 13.0 Å². The number of nitro groups is 1. The normalized spacial score (nSPS) is 23.1. The molecule has 2 rings (SSSR count). The van der Waals surface area contributed by atoms with Crippen molar-refractivity contribution in [2.45, 2.75) is 51.9 Å². The van der Waals surface area contributed by atoms with Crippen LogP contribution in [0.2, 0.25) is 0 Å². The summed E-state index contributed by atoms with van der Waals surface area (Å²) in [4.78, 5) is 26.9. The van der Waals surface area contributed by atoms with Gasteiger partial charge in [0, 0.05) is 13.3 Å². The first-order chi connectivity index (χ1) is 12.1. The second-order valence-corrected chi connectivity index (χ2v) is 7.40. The highest BCUT2D eigenvalue weighted by molar-refractivity contribution is 5.75. The van der Waals surface area contributed by atoms with E-state index in [4.69, 9.17) is 9.47 Å². The minimum absolute atomic E-state index is 0.0488. The Labute approximate surface area is 152 Å². The molecule has 1 aliphatic carbocycles. The smallest absolute Gasteiger partial charge is 0.408 e. The molecule has 1 aromatic heterocycles. The van der Waals surface area contributed by atoms with E-state index < -0.39 is 22.7 Å². The van der Waals surface area contributed by atoms with Gasteiger partial charge in [-0.3, -0.25) is 15.1 Å².